The van der Waals surface area contributed by atoms with Gasteiger partial charge in [0.2, 0.25) is 0 Å². The molecular weight excluding hydrogens is 326 g/mol. The maximum absolute atomic E-state index is 11.8. The second-order valence-electron chi connectivity index (χ2n) is 6.43. The normalized spacial score (nSPS) is 12.3. The molecule has 0 spiro atoms. The van der Waals surface area contributed by atoms with E-state index >= 15 is 0 Å². The third kappa shape index (κ3) is 8.95. The van der Waals surface area contributed by atoms with Gasteiger partial charge in [-0.05, 0) is 45.4 Å². The Morgan fingerprint density at radius 3 is 2.56 bits per heavy atom. The first-order chi connectivity index (χ1) is 11.7. The van der Waals surface area contributed by atoms with Gasteiger partial charge in [0, 0.05) is 13.0 Å². The van der Waals surface area contributed by atoms with Gasteiger partial charge in [-0.15, -0.1) is 0 Å². The van der Waals surface area contributed by atoms with Crippen molar-refractivity contribution in [2.24, 2.45) is 0 Å². The number of hydrogen-bond donors (Lipinski definition) is 2. The van der Waals surface area contributed by atoms with E-state index in [-0.39, 0.29) is 6.42 Å². The predicted octanol–water partition coefficient (Wildman–Crippen LogP) is 2.62. The standard InChI is InChI=1S/C18H27NO6/c1-5-23-9-10-24-14-8-6-7-13(11-14)12-15(16(20)21)19-17(22)25-18(2,3)4/h6-8,11,15H,5,9-10,12H2,1-4H3,(H,19,22)(H,20,21). The fraction of sp³-hybridized carbons (Fsp3) is 0.556. The number of carbonyl (C=O) groups excluding carboxylic acids is 1. The van der Waals surface area contributed by atoms with Crippen LogP contribution in [-0.4, -0.2) is 48.6 Å². The molecular formula is C18H27NO6. The molecule has 25 heavy (non-hydrogen) atoms. The maximum atomic E-state index is 11.8. The van der Waals surface area contributed by atoms with Gasteiger partial charge in [0.1, 0.15) is 24.0 Å². The summed E-state index contributed by atoms with van der Waals surface area (Å²) >= 11 is 0. The van der Waals surface area contributed by atoms with Crippen LogP contribution in [0.15, 0.2) is 24.3 Å². The molecule has 0 aliphatic rings. The van der Waals surface area contributed by atoms with Gasteiger partial charge in [-0.3, -0.25) is 0 Å². The van der Waals surface area contributed by atoms with Crippen LogP contribution in [0.4, 0.5) is 4.79 Å². The van der Waals surface area contributed by atoms with Gasteiger partial charge in [-0.2, -0.15) is 0 Å². The van der Waals surface area contributed by atoms with E-state index in [1.165, 1.54) is 0 Å². The average Bonchev–Trinajstić information content (AvgIpc) is 2.49. The molecule has 0 bridgehead atoms. The molecule has 1 atom stereocenters. The molecule has 0 saturated heterocycles. The number of amides is 1. The molecule has 0 radical (unpaired) electrons. The highest BCUT2D eigenvalue weighted by molar-refractivity contribution is 5.80. The minimum atomic E-state index is -1.13. The summed E-state index contributed by atoms with van der Waals surface area (Å²) in [5.74, 6) is -0.507. The van der Waals surface area contributed by atoms with Crippen LogP contribution in [0.5, 0.6) is 5.75 Å². The van der Waals surface area contributed by atoms with Gasteiger partial charge in [-0.1, -0.05) is 12.1 Å². The van der Waals surface area contributed by atoms with E-state index in [1.807, 2.05) is 6.92 Å². The highest BCUT2D eigenvalue weighted by atomic mass is 16.6. The summed E-state index contributed by atoms with van der Waals surface area (Å²) in [7, 11) is 0. The number of benzene rings is 1. The topological polar surface area (TPSA) is 94.1 Å². The SMILES string of the molecule is CCOCCOc1cccc(CC(NC(=O)OC(C)(C)C)C(=O)O)c1. The summed E-state index contributed by atoms with van der Waals surface area (Å²) in [6.07, 6.45) is -0.638. The van der Waals surface area contributed by atoms with Crippen molar-refractivity contribution < 1.29 is 28.9 Å². The fourth-order valence-electron chi connectivity index (χ4n) is 2.01. The first-order valence-corrected chi connectivity index (χ1v) is 8.23. The van der Waals surface area contributed by atoms with E-state index < -0.39 is 23.7 Å². The van der Waals surface area contributed by atoms with Crippen LogP contribution in [0, 0.1) is 0 Å². The molecule has 0 saturated carbocycles. The third-order valence-corrected chi connectivity index (χ3v) is 3.03. The van der Waals surface area contributed by atoms with Crippen molar-refractivity contribution in [1.82, 2.24) is 5.32 Å². The molecule has 0 aromatic heterocycles. The number of rotatable bonds is 9. The molecule has 140 valence electrons. The Hall–Kier alpha value is -2.28. The van der Waals surface area contributed by atoms with E-state index in [1.54, 1.807) is 45.0 Å². The average molecular weight is 353 g/mol. The van der Waals surface area contributed by atoms with Crippen molar-refractivity contribution in [3.05, 3.63) is 29.8 Å². The van der Waals surface area contributed by atoms with Crippen LogP contribution in [0.1, 0.15) is 33.3 Å². The zero-order valence-electron chi connectivity index (χ0n) is 15.2. The van der Waals surface area contributed by atoms with Gasteiger partial charge in [0.25, 0.3) is 0 Å². The number of ether oxygens (including phenoxy) is 3. The van der Waals surface area contributed by atoms with Gasteiger partial charge in [0.05, 0.1) is 6.61 Å². The molecule has 1 aromatic carbocycles. The second-order valence-corrected chi connectivity index (χ2v) is 6.43. The molecule has 0 fully saturated rings. The number of carboxylic acid groups (broad SMARTS) is 1. The summed E-state index contributed by atoms with van der Waals surface area (Å²) < 4.78 is 15.9. The van der Waals surface area contributed by atoms with Gasteiger partial charge < -0.3 is 24.6 Å². The lowest BCUT2D eigenvalue weighted by Gasteiger charge is -2.22. The van der Waals surface area contributed by atoms with Gasteiger partial charge in [-0.25, -0.2) is 9.59 Å². The first kappa shape index (κ1) is 20.8. The summed E-state index contributed by atoms with van der Waals surface area (Å²) in [5.41, 5.74) is 0.0407. The lowest BCUT2D eigenvalue weighted by Crippen LogP contribution is -2.44. The molecule has 1 rings (SSSR count). The number of aliphatic carboxylic acids is 1. The largest absolute Gasteiger partial charge is 0.491 e. The highest BCUT2D eigenvalue weighted by Crippen LogP contribution is 2.15. The van der Waals surface area contributed by atoms with E-state index in [4.69, 9.17) is 14.2 Å². The van der Waals surface area contributed by atoms with E-state index in [9.17, 15) is 14.7 Å². The van der Waals surface area contributed by atoms with E-state index in [0.29, 0.717) is 25.6 Å². The smallest absolute Gasteiger partial charge is 0.408 e. The molecule has 1 amide bonds. The van der Waals surface area contributed by atoms with Crippen LogP contribution in [-0.2, 0) is 20.7 Å². The number of hydrogen-bond acceptors (Lipinski definition) is 5. The molecule has 0 aliphatic heterocycles. The van der Waals surface area contributed by atoms with Crippen LogP contribution in [0.2, 0.25) is 0 Å². The molecule has 2 N–H and O–H groups in total. The molecule has 1 aromatic rings. The van der Waals surface area contributed by atoms with Crippen LogP contribution in [0.25, 0.3) is 0 Å². The predicted molar refractivity (Wildman–Crippen MR) is 92.9 cm³/mol. The van der Waals surface area contributed by atoms with Crippen molar-refractivity contribution in [3.8, 4) is 5.75 Å². The first-order valence-electron chi connectivity index (χ1n) is 8.23. The summed E-state index contributed by atoms with van der Waals surface area (Å²) in [4.78, 5) is 23.2. The maximum Gasteiger partial charge on any atom is 0.408 e. The fourth-order valence-corrected chi connectivity index (χ4v) is 2.01. The Labute approximate surface area is 148 Å². The number of nitrogens with one attached hydrogen (secondary N) is 1. The van der Waals surface area contributed by atoms with Crippen molar-refractivity contribution in [3.63, 3.8) is 0 Å². The van der Waals surface area contributed by atoms with E-state index in [0.717, 1.165) is 5.56 Å². The lowest BCUT2D eigenvalue weighted by molar-refractivity contribution is -0.139. The summed E-state index contributed by atoms with van der Waals surface area (Å²) in [6.45, 7) is 8.57. The van der Waals surface area contributed by atoms with Crippen molar-refractivity contribution in [2.45, 2.75) is 45.8 Å². The molecule has 7 heteroatoms. The zero-order valence-corrected chi connectivity index (χ0v) is 15.2. The Bertz CT molecular complexity index is 567. The monoisotopic (exact) mass is 353 g/mol. The van der Waals surface area contributed by atoms with Gasteiger partial charge >= 0.3 is 12.1 Å². The van der Waals surface area contributed by atoms with Gasteiger partial charge in [0.15, 0.2) is 0 Å². The number of alkyl carbamates (subject to hydrolysis) is 1. The summed E-state index contributed by atoms with van der Waals surface area (Å²) in [5, 5.41) is 11.7. The number of carboxylic acids is 1. The minimum absolute atomic E-state index is 0.122. The molecule has 0 aliphatic carbocycles. The van der Waals surface area contributed by atoms with Crippen molar-refractivity contribution in [1.29, 1.82) is 0 Å². The molecule has 0 heterocycles. The molecule has 1 unspecified atom stereocenters. The van der Waals surface area contributed by atoms with Crippen molar-refractivity contribution >= 4 is 12.1 Å². The highest BCUT2D eigenvalue weighted by Gasteiger charge is 2.24. The Balaban J connectivity index is 2.66. The number of carbonyl (C=O) groups is 2. The Kier molecular flexibility index (Phi) is 8.21. The zero-order chi connectivity index (χ0) is 18.9. The third-order valence-electron chi connectivity index (χ3n) is 3.03. The Morgan fingerprint density at radius 2 is 1.96 bits per heavy atom. The van der Waals surface area contributed by atoms with Crippen LogP contribution >= 0.6 is 0 Å². The lowest BCUT2D eigenvalue weighted by atomic mass is 10.1. The van der Waals surface area contributed by atoms with Crippen LogP contribution < -0.4 is 10.1 Å². The second kappa shape index (κ2) is 9.88. The van der Waals surface area contributed by atoms with Crippen molar-refractivity contribution in [2.75, 3.05) is 19.8 Å². The summed E-state index contributed by atoms with van der Waals surface area (Å²) in [6, 6.07) is 6.00. The minimum Gasteiger partial charge on any atom is -0.491 e. The van der Waals surface area contributed by atoms with Crippen LogP contribution in [0.3, 0.4) is 0 Å². The van der Waals surface area contributed by atoms with E-state index in [2.05, 4.69) is 5.32 Å². The quantitative estimate of drug-likeness (QED) is 0.663. The molecule has 7 nitrogen and oxygen atoms in total. The Morgan fingerprint density at radius 1 is 1.24 bits per heavy atom.